The summed E-state index contributed by atoms with van der Waals surface area (Å²) < 4.78 is 5.46. The quantitative estimate of drug-likeness (QED) is 0.701. The Bertz CT molecular complexity index is 450. The molecule has 1 rings (SSSR count). The van der Waals surface area contributed by atoms with Crippen LogP contribution in [0, 0.1) is 6.92 Å². The summed E-state index contributed by atoms with van der Waals surface area (Å²) >= 11 is 0. The minimum atomic E-state index is -1.76. The van der Waals surface area contributed by atoms with Crippen molar-refractivity contribution in [2.24, 2.45) is 0 Å². The van der Waals surface area contributed by atoms with Crippen LogP contribution in [0.15, 0.2) is 16.9 Å². The summed E-state index contributed by atoms with van der Waals surface area (Å²) in [7, 11) is 1.17. The number of ether oxygens (including phenoxy) is 1. The number of methoxy groups -OCH3 is 1. The Balaban J connectivity index is 3.00. The molecule has 0 radical (unpaired) electrons. The lowest BCUT2D eigenvalue weighted by molar-refractivity contribution is -0.162. The number of nitrogens with zero attached hydrogens (tertiary/aromatic N) is 2. The molecule has 0 saturated carbocycles. The lowest BCUT2D eigenvalue weighted by Gasteiger charge is -2.20. The van der Waals surface area contributed by atoms with Crippen LogP contribution in [0.2, 0.25) is 0 Å². The molecule has 6 heteroatoms. The van der Waals surface area contributed by atoms with Gasteiger partial charge in [0, 0.05) is 6.07 Å². The van der Waals surface area contributed by atoms with Gasteiger partial charge in [-0.3, -0.25) is 4.79 Å². The Morgan fingerprint density at radius 2 is 2.25 bits per heavy atom. The molecule has 1 heterocycles. The van der Waals surface area contributed by atoms with Gasteiger partial charge in [-0.2, -0.15) is 5.10 Å². The zero-order valence-corrected chi connectivity index (χ0v) is 9.43. The minimum absolute atomic E-state index is 0.236. The number of esters is 1. The summed E-state index contributed by atoms with van der Waals surface area (Å²) in [6.45, 7) is 2.75. The third kappa shape index (κ3) is 2.66. The Kier molecular flexibility index (Phi) is 3.44. The summed E-state index contributed by atoms with van der Waals surface area (Å²) in [6.07, 6.45) is 0. The van der Waals surface area contributed by atoms with Gasteiger partial charge in [0.1, 0.15) is 0 Å². The van der Waals surface area contributed by atoms with Crippen LogP contribution in [0.3, 0.4) is 0 Å². The Morgan fingerprint density at radius 1 is 1.62 bits per heavy atom. The topological polar surface area (TPSA) is 81.4 Å². The first-order chi connectivity index (χ1) is 7.36. The molecule has 88 valence electrons. The van der Waals surface area contributed by atoms with Crippen molar-refractivity contribution >= 4 is 5.97 Å². The molecule has 1 atom stereocenters. The van der Waals surface area contributed by atoms with Gasteiger partial charge >= 0.3 is 5.97 Å². The number of aromatic nitrogens is 2. The van der Waals surface area contributed by atoms with E-state index in [-0.39, 0.29) is 12.1 Å². The van der Waals surface area contributed by atoms with Crippen LogP contribution in [0.4, 0.5) is 0 Å². The van der Waals surface area contributed by atoms with Crippen LogP contribution in [0.5, 0.6) is 0 Å². The molecule has 0 amide bonds. The van der Waals surface area contributed by atoms with Crippen LogP contribution in [-0.2, 0) is 16.1 Å². The maximum absolute atomic E-state index is 11.4. The average Bonchev–Trinajstić information content (AvgIpc) is 2.22. The van der Waals surface area contributed by atoms with E-state index in [1.54, 1.807) is 13.0 Å². The largest absolute Gasteiger partial charge is 0.467 e. The number of aryl methyl sites for hydroxylation is 1. The highest BCUT2D eigenvalue weighted by molar-refractivity contribution is 5.78. The molecule has 0 spiro atoms. The molecular weight excluding hydrogens is 212 g/mol. The minimum Gasteiger partial charge on any atom is -0.467 e. The van der Waals surface area contributed by atoms with E-state index in [0.29, 0.717) is 5.69 Å². The van der Waals surface area contributed by atoms with E-state index < -0.39 is 11.6 Å². The molecule has 0 fully saturated rings. The van der Waals surface area contributed by atoms with Crippen molar-refractivity contribution < 1.29 is 14.6 Å². The van der Waals surface area contributed by atoms with Crippen LogP contribution < -0.4 is 5.56 Å². The third-order valence-electron chi connectivity index (χ3n) is 2.08. The lowest BCUT2D eigenvalue weighted by atomic mass is 10.1. The van der Waals surface area contributed by atoms with Crippen molar-refractivity contribution in [2.75, 3.05) is 7.11 Å². The van der Waals surface area contributed by atoms with Gasteiger partial charge in [-0.05, 0) is 19.9 Å². The average molecular weight is 226 g/mol. The predicted octanol–water partition coefficient (Wildman–Crippen LogP) is -0.524. The Hall–Kier alpha value is -1.69. The zero-order chi connectivity index (χ0) is 12.3. The van der Waals surface area contributed by atoms with Gasteiger partial charge in [0.25, 0.3) is 5.56 Å². The van der Waals surface area contributed by atoms with Gasteiger partial charge < -0.3 is 9.84 Å². The summed E-state index contributed by atoms with van der Waals surface area (Å²) in [5, 5.41) is 13.7. The fourth-order valence-electron chi connectivity index (χ4n) is 1.24. The third-order valence-corrected chi connectivity index (χ3v) is 2.08. The van der Waals surface area contributed by atoms with Gasteiger partial charge in [-0.15, -0.1) is 0 Å². The van der Waals surface area contributed by atoms with E-state index in [0.717, 1.165) is 4.68 Å². The van der Waals surface area contributed by atoms with Gasteiger partial charge in [0.2, 0.25) is 0 Å². The number of carbonyl (C=O) groups excluding carboxylic acids is 1. The molecule has 16 heavy (non-hydrogen) atoms. The first-order valence-electron chi connectivity index (χ1n) is 4.72. The van der Waals surface area contributed by atoms with Crippen molar-refractivity contribution in [2.45, 2.75) is 26.0 Å². The molecule has 1 aromatic heterocycles. The number of hydrogen-bond donors (Lipinski definition) is 1. The van der Waals surface area contributed by atoms with Crippen molar-refractivity contribution in [1.82, 2.24) is 9.78 Å². The SMILES string of the molecule is COC(=O)C(C)(O)Cn1nc(C)ccc1=O. The van der Waals surface area contributed by atoms with Gasteiger partial charge in [-0.25, -0.2) is 9.48 Å². The molecule has 0 saturated heterocycles. The van der Waals surface area contributed by atoms with Crippen LogP contribution in [-0.4, -0.2) is 33.6 Å². The Labute approximate surface area is 92.5 Å². The van der Waals surface area contributed by atoms with E-state index in [2.05, 4.69) is 9.84 Å². The van der Waals surface area contributed by atoms with Crippen molar-refractivity contribution in [3.05, 3.63) is 28.2 Å². The van der Waals surface area contributed by atoms with Crippen molar-refractivity contribution in [1.29, 1.82) is 0 Å². The standard InChI is InChI=1S/C10H14N2O4/c1-7-4-5-8(13)12(11-7)6-10(2,15)9(14)16-3/h4-5,15H,6H2,1-3H3. The monoisotopic (exact) mass is 226 g/mol. The second-order valence-corrected chi connectivity index (χ2v) is 3.74. The normalized spacial score (nSPS) is 14.2. The first-order valence-corrected chi connectivity index (χ1v) is 4.72. The maximum atomic E-state index is 11.4. The van der Waals surface area contributed by atoms with Crippen molar-refractivity contribution in [3.8, 4) is 0 Å². The fraction of sp³-hybridized carbons (Fsp3) is 0.500. The zero-order valence-electron chi connectivity index (χ0n) is 9.43. The molecule has 0 aromatic carbocycles. The maximum Gasteiger partial charge on any atom is 0.339 e. The smallest absolute Gasteiger partial charge is 0.339 e. The highest BCUT2D eigenvalue weighted by atomic mass is 16.5. The van der Waals surface area contributed by atoms with Gasteiger partial charge in [0.05, 0.1) is 19.3 Å². The molecule has 0 bridgehead atoms. The number of hydrogen-bond acceptors (Lipinski definition) is 5. The number of aliphatic hydroxyl groups is 1. The fourth-order valence-corrected chi connectivity index (χ4v) is 1.24. The highest BCUT2D eigenvalue weighted by Crippen LogP contribution is 2.07. The van der Waals surface area contributed by atoms with E-state index in [9.17, 15) is 14.7 Å². The van der Waals surface area contributed by atoms with Crippen molar-refractivity contribution in [3.63, 3.8) is 0 Å². The number of carbonyl (C=O) groups is 1. The van der Waals surface area contributed by atoms with Gasteiger partial charge in [-0.1, -0.05) is 0 Å². The summed E-state index contributed by atoms with van der Waals surface area (Å²) in [6, 6.07) is 2.89. The molecule has 1 N–H and O–H groups in total. The van der Waals surface area contributed by atoms with E-state index >= 15 is 0 Å². The van der Waals surface area contributed by atoms with E-state index in [1.807, 2.05) is 0 Å². The predicted molar refractivity (Wildman–Crippen MR) is 55.9 cm³/mol. The summed E-state index contributed by atoms with van der Waals surface area (Å²) in [4.78, 5) is 22.6. The van der Waals surface area contributed by atoms with Crippen LogP contribution in [0.25, 0.3) is 0 Å². The molecule has 0 aliphatic carbocycles. The molecule has 1 aromatic rings. The Morgan fingerprint density at radius 3 is 2.81 bits per heavy atom. The molecule has 0 aliphatic heterocycles. The molecular formula is C10H14N2O4. The number of rotatable bonds is 3. The summed E-state index contributed by atoms with van der Waals surface area (Å²) in [5.41, 5.74) is -1.52. The summed E-state index contributed by atoms with van der Waals surface area (Å²) in [5.74, 6) is -0.803. The second kappa shape index (κ2) is 4.44. The molecule has 0 aliphatic rings. The van der Waals surface area contributed by atoms with Crippen LogP contribution >= 0.6 is 0 Å². The van der Waals surface area contributed by atoms with E-state index in [1.165, 1.54) is 20.1 Å². The first kappa shape index (κ1) is 12.4. The molecule has 1 unspecified atom stereocenters. The molecule has 6 nitrogen and oxygen atoms in total. The second-order valence-electron chi connectivity index (χ2n) is 3.74. The van der Waals surface area contributed by atoms with Gasteiger partial charge in [0.15, 0.2) is 5.60 Å². The van der Waals surface area contributed by atoms with E-state index in [4.69, 9.17) is 0 Å². The highest BCUT2D eigenvalue weighted by Gasteiger charge is 2.32. The lowest BCUT2D eigenvalue weighted by Crippen LogP contribution is -2.43. The van der Waals surface area contributed by atoms with Crippen LogP contribution in [0.1, 0.15) is 12.6 Å².